The number of carboxylic acids is 1. The van der Waals surface area contributed by atoms with E-state index >= 15 is 0 Å². The van der Waals surface area contributed by atoms with Gasteiger partial charge in [0.1, 0.15) is 5.75 Å². The lowest BCUT2D eigenvalue weighted by molar-refractivity contribution is -0.144. The highest BCUT2D eigenvalue weighted by molar-refractivity contribution is 7.90. The average Bonchev–Trinajstić information content (AvgIpc) is 2.61. The molecule has 0 aliphatic rings. The van der Waals surface area contributed by atoms with Crippen molar-refractivity contribution in [2.75, 3.05) is 6.26 Å². The first kappa shape index (κ1) is 22.8. The number of carboxylic acid groups (broad SMARTS) is 1. The van der Waals surface area contributed by atoms with E-state index in [1.807, 2.05) is 0 Å². The zero-order valence-electron chi connectivity index (χ0n) is 15.8. The van der Waals surface area contributed by atoms with Gasteiger partial charge in [0.25, 0.3) is 5.92 Å². The number of benzene rings is 2. The number of hydrogen-bond acceptors (Lipinski definition) is 4. The van der Waals surface area contributed by atoms with Crippen molar-refractivity contribution in [3.8, 4) is 16.9 Å². The van der Waals surface area contributed by atoms with Crippen molar-refractivity contribution in [3.63, 3.8) is 0 Å². The normalized spacial score (nSPS) is 13.4. The SMILES string of the molecule is C/C=C/C(F)(F)c1ccc(OC(C)C(=O)O)c(-c2ccc(S(C)(=O)=O)cc2Cl)c1. The van der Waals surface area contributed by atoms with Crippen molar-refractivity contribution in [1.29, 1.82) is 0 Å². The Morgan fingerprint density at radius 2 is 1.86 bits per heavy atom. The molecule has 9 heteroatoms. The number of rotatable bonds is 7. The molecule has 2 aromatic rings. The van der Waals surface area contributed by atoms with Crippen molar-refractivity contribution in [3.05, 3.63) is 59.1 Å². The van der Waals surface area contributed by atoms with Gasteiger partial charge in [-0.2, -0.15) is 8.78 Å². The highest BCUT2D eigenvalue weighted by Gasteiger charge is 2.29. The van der Waals surface area contributed by atoms with Gasteiger partial charge in [0.15, 0.2) is 15.9 Å². The largest absolute Gasteiger partial charge is 0.479 e. The molecule has 0 saturated heterocycles. The van der Waals surface area contributed by atoms with Gasteiger partial charge in [0.05, 0.1) is 4.90 Å². The second kappa shape index (κ2) is 8.51. The molecule has 0 spiro atoms. The highest BCUT2D eigenvalue weighted by atomic mass is 35.5. The number of ether oxygens (including phenoxy) is 1. The van der Waals surface area contributed by atoms with Crippen LogP contribution >= 0.6 is 11.6 Å². The molecule has 156 valence electrons. The van der Waals surface area contributed by atoms with E-state index < -0.39 is 27.8 Å². The Kier molecular flexibility index (Phi) is 6.70. The Morgan fingerprint density at radius 1 is 1.21 bits per heavy atom. The molecule has 0 aliphatic carbocycles. The molecule has 2 aromatic carbocycles. The first-order valence-corrected chi connectivity index (χ1v) is 10.7. The third kappa shape index (κ3) is 5.33. The standard InChI is InChI=1S/C20H19ClF2O5S/c1-4-9-20(22,23)13-5-8-18(28-12(2)19(24)25)16(10-13)15-7-6-14(11-17(15)21)29(3,26)27/h4-12H,1-3H3,(H,24,25)/b9-4+. The summed E-state index contributed by atoms with van der Waals surface area (Å²) in [5.41, 5.74) is -0.0150. The third-order valence-electron chi connectivity index (χ3n) is 4.05. The summed E-state index contributed by atoms with van der Waals surface area (Å²) < 4.78 is 57.6. The molecule has 0 aromatic heterocycles. The van der Waals surface area contributed by atoms with E-state index in [2.05, 4.69) is 0 Å². The van der Waals surface area contributed by atoms with Crippen LogP contribution in [0.5, 0.6) is 5.75 Å². The van der Waals surface area contributed by atoms with Crippen LogP contribution in [0.3, 0.4) is 0 Å². The van der Waals surface area contributed by atoms with Crippen LogP contribution in [0.4, 0.5) is 8.78 Å². The fourth-order valence-electron chi connectivity index (χ4n) is 2.54. The number of carbonyl (C=O) groups is 1. The van der Waals surface area contributed by atoms with Crippen LogP contribution in [0.1, 0.15) is 19.4 Å². The van der Waals surface area contributed by atoms with Crippen LogP contribution in [-0.4, -0.2) is 31.9 Å². The molecule has 5 nitrogen and oxygen atoms in total. The van der Waals surface area contributed by atoms with Crippen LogP contribution in [-0.2, 0) is 20.6 Å². The van der Waals surface area contributed by atoms with Gasteiger partial charge in [-0.05, 0) is 50.3 Å². The van der Waals surface area contributed by atoms with Crippen LogP contribution in [0.15, 0.2) is 53.4 Å². The second-order valence-corrected chi connectivity index (χ2v) is 8.77. The molecule has 1 atom stereocenters. The summed E-state index contributed by atoms with van der Waals surface area (Å²) in [6.45, 7) is 2.75. The van der Waals surface area contributed by atoms with E-state index in [0.29, 0.717) is 0 Å². The zero-order valence-corrected chi connectivity index (χ0v) is 17.4. The predicted molar refractivity (Wildman–Crippen MR) is 106 cm³/mol. The minimum atomic E-state index is -3.53. The first-order chi connectivity index (χ1) is 13.4. The number of allylic oxidation sites excluding steroid dienone is 2. The van der Waals surface area contributed by atoms with Crippen LogP contribution in [0, 0.1) is 0 Å². The summed E-state index contributed by atoms with van der Waals surface area (Å²) in [6, 6.07) is 7.37. The van der Waals surface area contributed by atoms with Crippen molar-refractivity contribution in [2.45, 2.75) is 30.8 Å². The minimum absolute atomic E-state index is 0.00717. The quantitative estimate of drug-likeness (QED) is 0.612. The topological polar surface area (TPSA) is 80.7 Å². The molecular formula is C20H19ClF2O5S. The van der Waals surface area contributed by atoms with Crippen molar-refractivity contribution in [1.82, 2.24) is 0 Å². The molecule has 0 radical (unpaired) electrons. The number of hydrogen-bond donors (Lipinski definition) is 1. The monoisotopic (exact) mass is 444 g/mol. The Morgan fingerprint density at radius 3 is 2.38 bits per heavy atom. The molecule has 0 amide bonds. The summed E-state index contributed by atoms with van der Waals surface area (Å²) in [7, 11) is -3.53. The summed E-state index contributed by atoms with van der Waals surface area (Å²) in [5.74, 6) is -4.49. The van der Waals surface area contributed by atoms with Gasteiger partial charge < -0.3 is 9.84 Å². The van der Waals surface area contributed by atoms with E-state index in [0.717, 1.165) is 24.5 Å². The summed E-state index contributed by atoms with van der Waals surface area (Å²) >= 11 is 6.23. The fourth-order valence-corrected chi connectivity index (χ4v) is 3.54. The average molecular weight is 445 g/mol. The van der Waals surface area contributed by atoms with Gasteiger partial charge in [-0.3, -0.25) is 0 Å². The molecule has 0 heterocycles. The maximum atomic E-state index is 14.4. The number of alkyl halides is 2. The number of halogens is 3. The third-order valence-corrected chi connectivity index (χ3v) is 5.47. The minimum Gasteiger partial charge on any atom is -0.479 e. The molecule has 1 unspecified atom stereocenters. The summed E-state index contributed by atoms with van der Waals surface area (Å²) in [5, 5.41) is 9.09. The van der Waals surface area contributed by atoms with Crippen molar-refractivity contribution in [2.24, 2.45) is 0 Å². The van der Waals surface area contributed by atoms with Gasteiger partial charge in [0, 0.05) is 28.0 Å². The van der Waals surface area contributed by atoms with Gasteiger partial charge >= 0.3 is 5.97 Å². The summed E-state index contributed by atoms with van der Waals surface area (Å²) in [4.78, 5) is 11.1. The van der Waals surface area contributed by atoms with E-state index in [1.54, 1.807) is 0 Å². The van der Waals surface area contributed by atoms with Crippen LogP contribution in [0.25, 0.3) is 11.1 Å². The Bertz CT molecular complexity index is 1060. The number of aliphatic carboxylic acids is 1. The lowest BCUT2D eigenvalue weighted by atomic mass is 9.98. The molecule has 2 rings (SSSR count). The van der Waals surface area contributed by atoms with E-state index in [1.165, 1.54) is 44.2 Å². The molecule has 0 aliphatic heterocycles. The summed E-state index contributed by atoms with van der Waals surface area (Å²) in [6.07, 6.45) is 1.70. The number of sulfone groups is 1. The lowest BCUT2D eigenvalue weighted by Gasteiger charge is -2.19. The first-order valence-electron chi connectivity index (χ1n) is 8.42. The molecule has 0 bridgehead atoms. The van der Waals surface area contributed by atoms with Crippen molar-refractivity contribution < 1.29 is 31.8 Å². The lowest BCUT2D eigenvalue weighted by Crippen LogP contribution is -2.23. The molecule has 0 fully saturated rings. The zero-order chi connectivity index (χ0) is 22.0. The Labute approximate surface area is 172 Å². The van der Waals surface area contributed by atoms with E-state index in [9.17, 15) is 22.0 Å². The molecule has 0 saturated carbocycles. The van der Waals surface area contributed by atoms with Crippen LogP contribution < -0.4 is 4.74 Å². The van der Waals surface area contributed by atoms with Crippen LogP contribution in [0.2, 0.25) is 5.02 Å². The Balaban J connectivity index is 2.70. The Hall–Kier alpha value is -2.45. The fraction of sp³-hybridized carbons (Fsp3) is 0.250. The maximum Gasteiger partial charge on any atom is 0.344 e. The molecular weight excluding hydrogens is 426 g/mol. The molecule has 29 heavy (non-hydrogen) atoms. The predicted octanol–water partition coefficient (Wildman–Crippen LogP) is 4.93. The van der Waals surface area contributed by atoms with Gasteiger partial charge in [-0.15, -0.1) is 0 Å². The van der Waals surface area contributed by atoms with Crippen molar-refractivity contribution >= 4 is 27.4 Å². The van der Waals surface area contributed by atoms with Gasteiger partial charge in [-0.25, -0.2) is 13.2 Å². The molecule has 1 N–H and O–H groups in total. The second-order valence-electron chi connectivity index (χ2n) is 6.35. The van der Waals surface area contributed by atoms with Gasteiger partial charge in [0.2, 0.25) is 0 Å². The smallest absolute Gasteiger partial charge is 0.344 e. The van der Waals surface area contributed by atoms with E-state index in [-0.39, 0.29) is 32.4 Å². The highest BCUT2D eigenvalue weighted by Crippen LogP contribution is 2.40. The maximum absolute atomic E-state index is 14.4. The van der Waals surface area contributed by atoms with E-state index in [4.69, 9.17) is 21.4 Å². The van der Waals surface area contributed by atoms with Gasteiger partial charge in [-0.1, -0.05) is 23.7 Å².